The van der Waals surface area contributed by atoms with Crippen LogP contribution in [0, 0.1) is 6.92 Å². The molecular formula is C10H11NO5. The molecule has 0 bridgehead atoms. The molecule has 0 aromatic carbocycles. The Morgan fingerprint density at radius 1 is 1.31 bits per heavy atom. The first-order valence-electron chi connectivity index (χ1n) is 4.59. The fraction of sp³-hybridized carbons (Fsp3) is 0.300. The minimum atomic E-state index is -1.31. The van der Waals surface area contributed by atoms with Crippen LogP contribution in [0.15, 0.2) is 16.9 Å². The van der Waals surface area contributed by atoms with Crippen molar-refractivity contribution in [1.82, 2.24) is 4.57 Å². The first-order valence-corrected chi connectivity index (χ1v) is 4.59. The van der Waals surface area contributed by atoms with E-state index in [1.54, 1.807) is 6.92 Å². The van der Waals surface area contributed by atoms with Crippen LogP contribution in [-0.4, -0.2) is 26.7 Å². The monoisotopic (exact) mass is 225 g/mol. The van der Waals surface area contributed by atoms with E-state index in [2.05, 4.69) is 0 Å². The number of aromatic carboxylic acids is 1. The molecule has 2 N–H and O–H groups in total. The zero-order chi connectivity index (χ0) is 12.3. The van der Waals surface area contributed by atoms with Crippen molar-refractivity contribution < 1.29 is 19.8 Å². The lowest BCUT2D eigenvalue weighted by Gasteiger charge is -2.08. The van der Waals surface area contributed by atoms with Crippen molar-refractivity contribution in [2.45, 2.75) is 19.9 Å². The number of aryl methyl sites for hydroxylation is 1. The summed E-state index contributed by atoms with van der Waals surface area (Å²) in [5.41, 5.74) is -0.485. The molecular weight excluding hydrogens is 214 g/mol. The Balaban J connectivity index is 3.16. The lowest BCUT2D eigenvalue weighted by molar-refractivity contribution is -0.137. The number of aliphatic carboxylic acids is 1. The Kier molecular flexibility index (Phi) is 3.44. The zero-order valence-corrected chi connectivity index (χ0v) is 8.64. The van der Waals surface area contributed by atoms with Crippen LogP contribution in [0.1, 0.15) is 22.5 Å². The lowest BCUT2D eigenvalue weighted by atomic mass is 10.2. The van der Waals surface area contributed by atoms with Gasteiger partial charge in [0.05, 0.1) is 6.42 Å². The van der Waals surface area contributed by atoms with E-state index in [0.717, 1.165) is 4.57 Å². The number of aromatic nitrogens is 1. The Morgan fingerprint density at radius 2 is 1.94 bits per heavy atom. The summed E-state index contributed by atoms with van der Waals surface area (Å²) in [6, 6.07) is 2.70. The normalized spacial score (nSPS) is 10.1. The molecule has 1 heterocycles. The molecule has 0 spiro atoms. The van der Waals surface area contributed by atoms with Gasteiger partial charge in [0.25, 0.3) is 5.56 Å². The molecule has 86 valence electrons. The number of hydrogen-bond donors (Lipinski definition) is 2. The summed E-state index contributed by atoms with van der Waals surface area (Å²) < 4.78 is 1.15. The van der Waals surface area contributed by atoms with Crippen LogP contribution in [0.5, 0.6) is 0 Å². The van der Waals surface area contributed by atoms with Crippen LogP contribution in [0.25, 0.3) is 0 Å². The van der Waals surface area contributed by atoms with E-state index in [1.165, 1.54) is 12.1 Å². The third-order valence-corrected chi connectivity index (χ3v) is 2.17. The van der Waals surface area contributed by atoms with Gasteiger partial charge < -0.3 is 14.8 Å². The largest absolute Gasteiger partial charge is 0.481 e. The molecule has 0 unspecified atom stereocenters. The second kappa shape index (κ2) is 4.61. The van der Waals surface area contributed by atoms with Crippen molar-refractivity contribution in [3.8, 4) is 0 Å². The maximum atomic E-state index is 11.6. The molecule has 0 saturated carbocycles. The van der Waals surface area contributed by atoms with Crippen LogP contribution in [-0.2, 0) is 11.3 Å². The number of hydrogen-bond acceptors (Lipinski definition) is 3. The Hall–Kier alpha value is -2.11. The molecule has 6 heteroatoms. The molecule has 16 heavy (non-hydrogen) atoms. The summed E-state index contributed by atoms with van der Waals surface area (Å²) in [6.07, 6.45) is -0.218. The maximum absolute atomic E-state index is 11.6. The highest BCUT2D eigenvalue weighted by Gasteiger charge is 2.12. The average molecular weight is 225 g/mol. The molecule has 0 saturated heterocycles. The third-order valence-electron chi connectivity index (χ3n) is 2.17. The first-order chi connectivity index (χ1) is 7.43. The van der Waals surface area contributed by atoms with Crippen LogP contribution in [0.4, 0.5) is 0 Å². The van der Waals surface area contributed by atoms with E-state index in [1.807, 2.05) is 0 Å². The van der Waals surface area contributed by atoms with Gasteiger partial charge in [0.2, 0.25) is 0 Å². The SMILES string of the molecule is Cc1ccc(C(=O)O)c(=O)n1CCC(=O)O. The Bertz CT molecular complexity index is 488. The summed E-state index contributed by atoms with van der Waals surface area (Å²) in [5.74, 6) is -2.35. The quantitative estimate of drug-likeness (QED) is 0.769. The van der Waals surface area contributed by atoms with Crippen LogP contribution >= 0.6 is 0 Å². The van der Waals surface area contributed by atoms with Crippen molar-refractivity contribution in [3.05, 3.63) is 33.7 Å². The van der Waals surface area contributed by atoms with Crippen LogP contribution in [0.3, 0.4) is 0 Å². The predicted molar refractivity (Wildman–Crippen MR) is 54.7 cm³/mol. The zero-order valence-electron chi connectivity index (χ0n) is 8.64. The number of carbonyl (C=O) groups is 2. The number of rotatable bonds is 4. The van der Waals surface area contributed by atoms with Crippen LogP contribution < -0.4 is 5.56 Å². The highest BCUT2D eigenvalue weighted by molar-refractivity contribution is 5.87. The Morgan fingerprint density at radius 3 is 2.44 bits per heavy atom. The van der Waals surface area contributed by atoms with Crippen molar-refractivity contribution in [3.63, 3.8) is 0 Å². The van der Waals surface area contributed by atoms with Gasteiger partial charge in [0, 0.05) is 12.2 Å². The van der Waals surface area contributed by atoms with Gasteiger partial charge in [0.1, 0.15) is 5.56 Å². The minimum Gasteiger partial charge on any atom is -0.481 e. The standard InChI is InChI=1S/C10H11NO5/c1-6-2-3-7(10(15)16)9(14)11(6)5-4-8(12)13/h2-3H,4-5H2,1H3,(H,12,13)(H,15,16). The average Bonchev–Trinajstić information content (AvgIpc) is 2.16. The molecule has 0 radical (unpaired) electrons. The van der Waals surface area contributed by atoms with Gasteiger partial charge in [0.15, 0.2) is 0 Å². The second-order valence-corrected chi connectivity index (χ2v) is 3.29. The Labute approximate surface area is 90.8 Å². The molecule has 1 aromatic rings. The lowest BCUT2D eigenvalue weighted by Crippen LogP contribution is -2.28. The van der Waals surface area contributed by atoms with E-state index in [0.29, 0.717) is 5.69 Å². The molecule has 0 aliphatic carbocycles. The van der Waals surface area contributed by atoms with Crippen molar-refractivity contribution in [1.29, 1.82) is 0 Å². The minimum absolute atomic E-state index is 0.0267. The first kappa shape index (κ1) is 12.0. The molecule has 0 aliphatic heterocycles. The van der Waals surface area contributed by atoms with Crippen molar-refractivity contribution >= 4 is 11.9 Å². The summed E-state index contributed by atoms with van der Waals surface area (Å²) in [6.45, 7) is 1.59. The molecule has 0 aliphatic rings. The van der Waals surface area contributed by atoms with Gasteiger partial charge in [-0.3, -0.25) is 9.59 Å². The van der Waals surface area contributed by atoms with Gasteiger partial charge in [-0.25, -0.2) is 4.79 Å². The molecule has 1 rings (SSSR count). The smallest absolute Gasteiger partial charge is 0.341 e. The number of carboxylic acids is 2. The maximum Gasteiger partial charge on any atom is 0.341 e. The van der Waals surface area contributed by atoms with Gasteiger partial charge in [-0.05, 0) is 19.1 Å². The van der Waals surface area contributed by atoms with E-state index in [4.69, 9.17) is 10.2 Å². The van der Waals surface area contributed by atoms with E-state index >= 15 is 0 Å². The highest BCUT2D eigenvalue weighted by atomic mass is 16.4. The molecule has 0 atom stereocenters. The van der Waals surface area contributed by atoms with E-state index < -0.39 is 17.5 Å². The summed E-state index contributed by atoms with van der Waals surface area (Å²) >= 11 is 0. The fourth-order valence-electron chi connectivity index (χ4n) is 1.32. The molecule has 0 amide bonds. The molecule has 0 fully saturated rings. The second-order valence-electron chi connectivity index (χ2n) is 3.29. The van der Waals surface area contributed by atoms with Gasteiger partial charge in [-0.2, -0.15) is 0 Å². The van der Waals surface area contributed by atoms with Crippen molar-refractivity contribution in [2.75, 3.05) is 0 Å². The summed E-state index contributed by atoms with van der Waals surface area (Å²) in [7, 11) is 0. The number of nitrogens with zero attached hydrogens (tertiary/aromatic N) is 1. The van der Waals surface area contributed by atoms with Crippen molar-refractivity contribution in [2.24, 2.45) is 0 Å². The molecule has 1 aromatic heterocycles. The number of carboxylic acid groups (broad SMARTS) is 2. The predicted octanol–water partition coefficient (Wildman–Crippen LogP) is 0.330. The van der Waals surface area contributed by atoms with Gasteiger partial charge in [-0.1, -0.05) is 0 Å². The molecule has 6 nitrogen and oxygen atoms in total. The van der Waals surface area contributed by atoms with E-state index in [-0.39, 0.29) is 18.5 Å². The van der Waals surface area contributed by atoms with Gasteiger partial charge in [-0.15, -0.1) is 0 Å². The summed E-state index contributed by atoms with van der Waals surface area (Å²) in [4.78, 5) is 32.7. The van der Waals surface area contributed by atoms with Gasteiger partial charge >= 0.3 is 11.9 Å². The summed E-state index contributed by atoms with van der Waals surface area (Å²) in [5, 5.41) is 17.2. The fourth-order valence-corrected chi connectivity index (χ4v) is 1.32. The van der Waals surface area contributed by atoms with E-state index in [9.17, 15) is 14.4 Å². The third kappa shape index (κ3) is 2.47. The van der Waals surface area contributed by atoms with Crippen LogP contribution in [0.2, 0.25) is 0 Å². The topological polar surface area (TPSA) is 96.6 Å². The highest BCUT2D eigenvalue weighted by Crippen LogP contribution is 2.00. The number of pyridine rings is 1.